The van der Waals surface area contributed by atoms with Crippen LogP contribution in [-0.4, -0.2) is 0 Å². The molecule has 1 aliphatic rings. The van der Waals surface area contributed by atoms with Crippen molar-refractivity contribution in [2.24, 2.45) is 0 Å². The first-order valence-corrected chi connectivity index (χ1v) is 2.61. The van der Waals surface area contributed by atoms with E-state index >= 15 is 0 Å². The molecule has 41 valence electrons. The van der Waals surface area contributed by atoms with Crippen LogP contribution >= 0.6 is 0 Å². The lowest BCUT2D eigenvalue weighted by Crippen LogP contribution is -1.88. The van der Waals surface area contributed by atoms with Gasteiger partial charge < -0.3 is 0 Å². The number of hydrogen-bond donors (Lipinski definition) is 0. The minimum atomic E-state index is 0.882. The molecule has 0 atom stereocenters. The van der Waals surface area contributed by atoms with Crippen LogP contribution in [0.15, 0.2) is 36.7 Å². The zero-order valence-electron chi connectivity index (χ0n) is 4.67. The Morgan fingerprint density at radius 2 is 2.62 bits per heavy atom. The Bertz CT molecular complexity index is 142. The van der Waals surface area contributed by atoms with E-state index in [1.54, 1.807) is 6.20 Å². The molecule has 0 amide bonds. The smallest absolute Gasteiger partial charge is 0.0441 e. The summed E-state index contributed by atoms with van der Waals surface area (Å²) in [4.78, 5) is 0. The molecular formula is C7H8N. The monoisotopic (exact) mass is 106 g/mol. The lowest BCUT2D eigenvalue weighted by Gasteiger charge is -1.90. The summed E-state index contributed by atoms with van der Waals surface area (Å²) in [6.45, 7) is 3.60. The zero-order valence-corrected chi connectivity index (χ0v) is 4.67. The van der Waals surface area contributed by atoms with Crippen molar-refractivity contribution in [3.05, 3.63) is 36.7 Å². The molecule has 0 aromatic carbocycles. The van der Waals surface area contributed by atoms with Crippen LogP contribution in [0.3, 0.4) is 0 Å². The summed E-state index contributed by atoms with van der Waals surface area (Å²) in [6, 6.07) is 0. The second-order valence-corrected chi connectivity index (χ2v) is 1.62. The van der Waals surface area contributed by atoms with Crippen molar-refractivity contribution in [1.82, 2.24) is 5.32 Å². The van der Waals surface area contributed by atoms with E-state index < -0.39 is 0 Å². The number of nitrogens with zero attached hydrogens (tertiary/aromatic N) is 1. The molecule has 0 fully saturated rings. The Morgan fingerprint density at radius 1 is 1.75 bits per heavy atom. The predicted molar refractivity (Wildman–Crippen MR) is 34.2 cm³/mol. The Morgan fingerprint density at radius 3 is 3.12 bits per heavy atom. The molecule has 1 heteroatoms. The van der Waals surface area contributed by atoms with Gasteiger partial charge in [0.25, 0.3) is 0 Å². The van der Waals surface area contributed by atoms with E-state index in [1.165, 1.54) is 0 Å². The Hall–Kier alpha value is -0.980. The first-order chi connectivity index (χ1) is 3.93. The second kappa shape index (κ2) is 2.36. The SMILES string of the molecule is C=CCC1=CC=C[N]1. The first kappa shape index (κ1) is 5.16. The van der Waals surface area contributed by atoms with E-state index in [9.17, 15) is 0 Å². The molecule has 0 aromatic rings. The molecule has 1 heterocycles. The van der Waals surface area contributed by atoms with Gasteiger partial charge in [-0.15, -0.1) is 6.58 Å². The average Bonchev–Trinajstić information content (AvgIpc) is 2.19. The molecule has 0 aromatic heterocycles. The topological polar surface area (TPSA) is 14.1 Å². The fraction of sp³-hybridized carbons (Fsp3) is 0.143. The third kappa shape index (κ3) is 0.997. The van der Waals surface area contributed by atoms with Gasteiger partial charge in [-0.2, -0.15) is 0 Å². The summed E-state index contributed by atoms with van der Waals surface area (Å²) in [5, 5.41) is 4.03. The number of rotatable bonds is 2. The molecular weight excluding hydrogens is 98.1 g/mol. The number of hydrogen-bond acceptors (Lipinski definition) is 0. The molecule has 1 rings (SSSR count). The third-order valence-electron chi connectivity index (χ3n) is 0.969. The van der Waals surface area contributed by atoms with Gasteiger partial charge >= 0.3 is 0 Å². The van der Waals surface area contributed by atoms with Crippen LogP contribution in [0, 0.1) is 0 Å². The van der Waals surface area contributed by atoms with Gasteiger partial charge in [0.05, 0.1) is 0 Å². The lowest BCUT2D eigenvalue weighted by molar-refractivity contribution is 1.00. The summed E-state index contributed by atoms with van der Waals surface area (Å²) in [6.07, 6.45) is 8.44. The van der Waals surface area contributed by atoms with Crippen molar-refractivity contribution in [3.63, 3.8) is 0 Å². The van der Waals surface area contributed by atoms with E-state index in [1.807, 2.05) is 18.2 Å². The van der Waals surface area contributed by atoms with Gasteiger partial charge in [0.2, 0.25) is 0 Å². The molecule has 0 bridgehead atoms. The van der Waals surface area contributed by atoms with Crippen LogP contribution in [0.5, 0.6) is 0 Å². The minimum absolute atomic E-state index is 0.882. The van der Waals surface area contributed by atoms with Gasteiger partial charge in [0.15, 0.2) is 0 Å². The third-order valence-corrected chi connectivity index (χ3v) is 0.969. The second-order valence-electron chi connectivity index (χ2n) is 1.62. The molecule has 0 aliphatic carbocycles. The number of allylic oxidation sites excluding steroid dienone is 3. The van der Waals surface area contributed by atoms with Crippen LogP contribution in [0.25, 0.3) is 0 Å². The van der Waals surface area contributed by atoms with Gasteiger partial charge in [-0.1, -0.05) is 6.08 Å². The molecule has 0 saturated heterocycles. The van der Waals surface area contributed by atoms with Crippen LogP contribution in [0.4, 0.5) is 0 Å². The molecule has 0 spiro atoms. The fourth-order valence-corrected chi connectivity index (χ4v) is 0.605. The van der Waals surface area contributed by atoms with Gasteiger partial charge in [-0.05, 0) is 12.2 Å². The van der Waals surface area contributed by atoms with Crippen molar-refractivity contribution in [2.75, 3.05) is 0 Å². The lowest BCUT2D eigenvalue weighted by atomic mass is 10.3. The first-order valence-electron chi connectivity index (χ1n) is 2.61. The van der Waals surface area contributed by atoms with Crippen molar-refractivity contribution >= 4 is 0 Å². The van der Waals surface area contributed by atoms with Crippen LogP contribution in [0.2, 0.25) is 0 Å². The average molecular weight is 106 g/mol. The highest BCUT2D eigenvalue weighted by molar-refractivity contribution is 5.20. The summed E-state index contributed by atoms with van der Waals surface area (Å²) in [5.74, 6) is 0. The molecule has 1 radical (unpaired) electrons. The zero-order chi connectivity index (χ0) is 5.82. The fourth-order valence-electron chi connectivity index (χ4n) is 0.605. The maximum absolute atomic E-state index is 4.03. The van der Waals surface area contributed by atoms with E-state index in [-0.39, 0.29) is 0 Å². The summed E-state index contributed by atoms with van der Waals surface area (Å²) in [7, 11) is 0. The molecule has 1 nitrogen and oxygen atoms in total. The van der Waals surface area contributed by atoms with Crippen LogP contribution in [-0.2, 0) is 0 Å². The van der Waals surface area contributed by atoms with Crippen LogP contribution in [0.1, 0.15) is 6.42 Å². The minimum Gasteiger partial charge on any atom is -0.261 e. The molecule has 0 N–H and O–H groups in total. The maximum Gasteiger partial charge on any atom is 0.0441 e. The van der Waals surface area contributed by atoms with Gasteiger partial charge in [0, 0.05) is 18.3 Å². The Labute approximate surface area is 49.4 Å². The van der Waals surface area contributed by atoms with E-state index in [0.29, 0.717) is 0 Å². The summed E-state index contributed by atoms with van der Waals surface area (Å²) in [5.41, 5.74) is 1.10. The highest BCUT2D eigenvalue weighted by Crippen LogP contribution is 2.04. The van der Waals surface area contributed by atoms with E-state index in [4.69, 9.17) is 0 Å². The maximum atomic E-state index is 4.03. The van der Waals surface area contributed by atoms with E-state index in [0.717, 1.165) is 12.1 Å². The normalized spacial score (nSPS) is 15.2. The Kier molecular flexibility index (Phi) is 1.52. The summed E-state index contributed by atoms with van der Waals surface area (Å²) < 4.78 is 0. The molecule has 8 heavy (non-hydrogen) atoms. The molecule has 1 aliphatic heterocycles. The van der Waals surface area contributed by atoms with Crippen molar-refractivity contribution in [3.8, 4) is 0 Å². The largest absolute Gasteiger partial charge is 0.261 e. The molecule has 0 saturated carbocycles. The standard InChI is InChI=1S/C7H8N/c1-2-4-7-5-3-6-8-7/h2-3,5-6H,1,4H2. The van der Waals surface area contributed by atoms with Crippen molar-refractivity contribution in [1.29, 1.82) is 0 Å². The van der Waals surface area contributed by atoms with E-state index in [2.05, 4.69) is 11.9 Å². The van der Waals surface area contributed by atoms with Gasteiger partial charge in [-0.3, -0.25) is 5.32 Å². The summed E-state index contributed by atoms with van der Waals surface area (Å²) >= 11 is 0. The Balaban J connectivity index is 2.39. The highest BCUT2D eigenvalue weighted by Gasteiger charge is 1.94. The highest BCUT2D eigenvalue weighted by atomic mass is 14.9. The predicted octanol–water partition coefficient (Wildman–Crippen LogP) is 1.58. The van der Waals surface area contributed by atoms with Crippen molar-refractivity contribution < 1.29 is 0 Å². The van der Waals surface area contributed by atoms with Gasteiger partial charge in [0.1, 0.15) is 0 Å². The van der Waals surface area contributed by atoms with Crippen LogP contribution < -0.4 is 5.32 Å². The quantitative estimate of drug-likeness (QED) is 0.474. The molecule has 0 unspecified atom stereocenters. The van der Waals surface area contributed by atoms with Crippen molar-refractivity contribution in [2.45, 2.75) is 6.42 Å². The van der Waals surface area contributed by atoms with Gasteiger partial charge in [-0.25, -0.2) is 0 Å².